The number of halogens is 4. The summed E-state index contributed by atoms with van der Waals surface area (Å²) in [6, 6.07) is 10.5. The van der Waals surface area contributed by atoms with Gasteiger partial charge in [-0.15, -0.1) is 13.2 Å². The normalized spacial score (nSPS) is 11.7. The Labute approximate surface area is 166 Å². The first-order valence-corrected chi connectivity index (χ1v) is 8.66. The molecule has 0 atom stereocenters. The molecule has 0 fully saturated rings. The van der Waals surface area contributed by atoms with Crippen molar-refractivity contribution < 1.29 is 22.7 Å². The average molecular weight is 413 g/mol. The molecule has 0 heterocycles. The Balaban J connectivity index is 2.05. The molecule has 4 nitrogen and oxygen atoms in total. The van der Waals surface area contributed by atoms with Crippen LogP contribution in [0.25, 0.3) is 0 Å². The number of carbonyl (C=O) groups is 1. The molecule has 0 spiro atoms. The molecule has 150 valence electrons. The third-order valence-electron chi connectivity index (χ3n) is 3.73. The van der Waals surface area contributed by atoms with Crippen LogP contribution < -0.4 is 15.4 Å². The highest BCUT2D eigenvalue weighted by molar-refractivity contribution is 6.33. The molecular formula is C20H20ClF3N2O2. The van der Waals surface area contributed by atoms with Gasteiger partial charge in [0.05, 0.1) is 10.7 Å². The topological polar surface area (TPSA) is 50.4 Å². The van der Waals surface area contributed by atoms with Gasteiger partial charge < -0.3 is 15.4 Å². The Morgan fingerprint density at radius 3 is 2.21 bits per heavy atom. The van der Waals surface area contributed by atoms with Crippen molar-refractivity contribution in [1.82, 2.24) is 5.32 Å². The van der Waals surface area contributed by atoms with Gasteiger partial charge in [0.15, 0.2) is 0 Å². The molecule has 0 aromatic heterocycles. The van der Waals surface area contributed by atoms with E-state index in [0.29, 0.717) is 5.56 Å². The van der Waals surface area contributed by atoms with Crippen LogP contribution in [0.4, 0.5) is 18.9 Å². The minimum Gasteiger partial charge on any atom is -0.406 e. The molecule has 2 aromatic rings. The van der Waals surface area contributed by atoms with Crippen LogP contribution in [0.2, 0.25) is 5.02 Å². The first kappa shape index (κ1) is 21.6. The molecular weight excluding hydrogens is 393 g/mol. The average Bonchev–Trinajstić information content (AvgIpc) is 2.56. The van der Waals surface area contributed by atoms with Crippen molar-refractivity contribution >= 4 is 23.2 Å². The second kappa shape index (κ2) is 8.14. The van der Waals surface area contributed by atoms with Crippen molar-refractivity contribution in [3.05, 3.63) is 71.0 Å². The molecule has 28 heavy (non-hydrogen) atoms. The predicted molar refractivity (Wildman–Crippen MR) is 104 cm³/mol. The van der Waals surface area contributed by atoms with E-state index in [1.54, 1.807) is 12.1 Å². The summed E-state index contributed by atoms with van der Waals surface area (Å²) < 4.78 is 40.9. The molecule has 1 amide bonds. The highest BCUT2D eigenvalue weighted by Crippen LogP contribution is 2.30. The first-order chi connectivity index (χ1) is 12.8. The molecule has 0 aliphatic rings. The summed E-state index contributed by atoms with van der Waals surface area (Å²) in [7, 11) is 0. The fraction of sp³-hybridized carbons (Fsp3) is 0.250. The van der Waals surface area contributed by atoms with Crippen LogP contribution in [-0.4, -0.2) is 12.3 Å². The van der Waals surface area contributed by atoms with Gasteiger partial charge in [0.25, 0.3) is 5.91 Å². The number of hydrogen-bond donors (Lipinski definition) is 2. The van der Waals surface area contributed by atoms with Crippen LogP contribution in [0.1, 0.15) is 36.7 Å². The Bertz CT molecular complexity index is 873. The summed E-state index contributed by atoms with van der Waals surface area (Å²) in [4.78, 5) is 12.3. The summed E-state index contributed by atoms with van der Waals surface area (Å²) in [6.07, 6.45) is -4.82. The van der Waals surface area contributed by atoms with E-state index in [1.165, 1.54) is 6.07 Å². The summed E-state index contributed by atoms with van der Waals surface area (Å²) in [5.74, 6) is -0.816. The third-order valence-corrected chi connectivity index (χ3v) is 4.06. The lowest BCUT2D eigenvalue weighted by molar-refractivity contribution is -0.274. The zero-order chi connectivity index (χ0) is 21.1. The highest BCUT2D eigenvalue weighted by atomic mass is 35.5. The minimum atomic E-state index is -4.82. The van der Waals surface area contributed by atoms with Gasteiger partial charge in [0.1, 0.15) is 11.6 Å². The third kappa shape index (κ3) is 6.20. The number of nitrogens with one attached hydrogen (secondary N) is 2. The van der Waals surface area contributed by atoms with Crippen LogP contribution in [0.3, 0.4) is 0 Å². The van der Waals surface area contributed by atoms with E-state index in [1.807, 2.05) is 12.1 Å². The van der Waals surface area contributed by atoms with E-state index < -0.39 is 18.0 Å². The molecule has 2 rings (SSSR count). The number of benzene rings is 2. The zero-order valence-corrected chi connectivity index (χ0v) is 16.3. The lowest BCUT2D eigenvalue weighted by Crippen LogP contribution is -2.26. The maximum Gasteiger partial charge on any atom is 0.573 e. The fourth-order valence-electron chi connectivity index (χ4n) is 2.32. The number of ether oxygens (including phenoxy) is 1. The van der Waals surface area contributed by atoms with E-state index in [9.17, 15) is 18.0 Å². The SMILES string of the molecule is C=C(NC(=O)c1ccc(C(C)(C)C)cc1)Nc1cc(OC(F)(F)F)ccc1Cl. The lowest BCUT2D eigenvalue weighted by Gasteiger charge is -2.19. The lowest BCUT2D eigenvalue weighted by atomic mass is 9.87. The van der Waals surface area contributed by atoms with Gasteiger partial charge in [-0.2, -0.15) is 0 Å². The second-order valence-electron chi connectivity index (χ2n) is 7.07. The maximum atomic E-state index is 12.3. The fourth-order valence-corrected chi connectivity index (χ4v) is 2.49. The van der Waals surface area contributed by atoms with Gasteiger partial charge in [0, 0.05) is 11.6 Å². The van der Waals surface area contributed by atoms with E-state index in [2.05, 4.69) is 42.7 Å². The summed E-state index contributed by atoms with van der Waals surface area (Å²) in [6.45, 7) is 9.84. The molecule has 2 N–H and O–H groups in total. The van der Waals surface area contributed by atoms with Gasteiger partial charge in [-0.25, -0.2) is 0 Å². The van der Waals surface area contributed by atoms with Crippen LogP contribution in [-0.2, 0) is 5.41 Å². The molecule has 2 aromatic carbocycles. The summed E-state index contributed by atoms with van der Waals surface area (Å²) >= 11 is 5.97. The summed E-state index contributed by atoms with van der Waals surface area (Å²) in [5.41, 5.74) is 1.56. The zero-order valence-electron chi connectivity index (χ0n) is 15.6. The van der Waals surface area contributed by atoms with E-state index in [0.717, 1.165) is 17.7 Å². The summed E-state index contributed by atoms with van der Waals surface area (Å²) in [5, 5.41) is 5.34. The standard InChI is InChI=1S/C20H20ClF3N2O2/c1-12(25-17-11-15(9-10-16(17)21)28-20(22,23)24)26-18(27)13-5-7-14(8-6-13)19(2,3)4/h5-11,25H,1H2,2-4H3,(H,26,27). The monoisotopic (exact) mass is 412 g/mol. The van der Waals surface area contributed by atoms with Crippen molar-refractivity contribution in [2.45, 2.75) is 32.5 Å². The van der Waals surface area contributed by atoms with Gasteiger partial charge in [0.2, 0.25) is 0 Å². The molecule has 0 aliphatic heterocycles. The van der Waals surface area contributed by atoms with E-state index >= 15 is 0 Å². The number of carbonyl (C=O) groups excluding carboxylic acids is 1. The van der Waals surface area contributed by atoms with Gasteiger partial charge in [-0.1, -0.05) is 51.1 Å². The Morgan fingerprint density at radius 2 is 1.68 bits per heavy atom. The largest absolute Gasteiger partial charge is 0.573 e. The van der Waals surface area contributed by atoms with Crippen LogP contribution in [0.15, 0.2) is 54.9 Å². The van der Waals surface area contributed by atoms with Crippen LogP contribution >= 0.6 is 11.6 Å². The smallest absolute Gasteiger partial charge is 0.406 e. The van der Waals surface area contributed by atoms with Crippen LogP contribution in [0.5, 0.6) is 5.75 Å². The molecule has 8 heteroatoms. The molecule has 0 unspecified atom stereocenters. The molecule has 0 saturated carbocycles. The number of anilines is 1. The number of rotatable bonds is 5. The van der Waals surface area contributed by atoms with E-state index in [4.69, 9.17) is 11.6 Å². The Morgan fingerprint density at radius 1 is 1.07 bits per heavy atom. The predicted octanol–water partition coefficient (Wildman–Crippen LogP) is 5.85. The van der Waals surface area contributed by atoms with Crippen molar-refractivity contribution in [2.24, 2.45) is 0 Å². The minimum absolute atomic E-state index is 0.0413. The van der Waals surface area contributed by atoms with Crippen molar-refractivity contribution in [2.75, 3.05) is 5.32 Å². The van der Waals surface area contributed by atoms with Gasteiger partial charge >= 0.3 is 6.36 Å². The number of amides is 1. The number of hydrogen-bond acceptors (Lipinski definition) is 3. The second-order valence-corrected chi connectivity index (χ2v) is 7.48. The van der Waals surface area contributed by atoms with Gasteiger partial charge in [-0.3, -0.25) is 4.79 Å². The molecule has 0 radical (unpaired) electrons. The number of alkyl halides is 3. The Hall–Kier alpha value is -2.67. The maximum absolute atomic E-state index is 12.3. The quantitative estimate of drug-likeness (QED) is 0.647. The van der Waals surface area contributed by atoms with Crippen LogP contribution in [0, 0.1) is 0 Å². The molecule has 0 aliphatic carbocycles. The molecule has 0 bridgehead atoms. The van der Waals surface area contributed by atoms with Crippen molar-refractivity contribution in [3.8, 4) is 5.75 Å². The Kier molecular flexibility index (Phi) is 6.29. The van der Waals surface area contributed by atoms with Crippen molar-refractivity contribution in [3.63, 3.8) is 0 Å². The molecule has 0 saturated heterocycles. The first-order valence-electron chi connectivity index (χ1n) is 8.28. The van der Waals surface area contributed by atoms with E-state index in [-0.39, 0.29) is 21.9 Å². The van der Waals surface area contributed by atoms with Crippen molar-refractivity contribution in [1.29, 1.82) is 0 Å². The van der Waals surface area contributed by atoms with Gasteiger partial charge in [-0.05, 0) is 35.2 Å². The highest BCUT2D eigenvalue weighted by Gasteiger charge is 2.31.